The third kappa shape index (κ3) is 5.71. The van der Waals surface area contributed by atoms with Gasteiger partial charge in [0.15, 0.2) is 5.82 Å². The second-order valence-electron chi connectivity index (χ2n) is 7.27. The van der Waals surface area contributed by atoms with Crippen LogP contribution in [-0.2, 0) is 4.74 Å². The summed E-state index contributed by atoms with van der Waals surface area (Å²) in [6, 6.07) is 9.99. The van der Waals surface area contributed by atoms with Crippen LogP contribution >= 0.6 is 23.2 Å². The van der Waals surface area contributed by atoms with Gasteiger partial charge in [-0.05, 0) is 51.1 Å². The Kier molecular flexibility index (Phi) is 6.28. The monoisotopic (exact) mass is 447 g/mol. The Morgan fingerprint density at radius 2 is 1.87 bits per heavy atom. The first-order valence-electron chi connectivity index (χ1n) is 8.89. The number of nitrogens with zero attached hydrogens (tertiary/aromatic N) is 3. The third-order valence-electron chi connectivity index (χ3n) is 3.64. The van der Waals surface area contributed by atoms with Gasteiger partial charge in [-0.25, -0.2) is 14.5 Å². The minimum Gasteiger partial charge on any atom is -0.444 e. The van der Waals surface area contributed by atoms with Crippen molar-refractivity contribution in [1.82, 2.24) is 14.8 Å². The Labute approximate surface area is 183 Å². The van der Waals surface area contributed by atoms with Crippen LogP contribution in [0.1, 0.15) is 31.1 Å². The molecule has 0 aliphatic heterocycles. The molecule has 1 aromatic carbocycles. The summed E-state index contributed by atoms with van der Waals surface area (Å²) in [5.74, 6) is -0.344. The van der Waals surface area contributed by atoms with Gasteiger partial charge in [-0.2, -0.15) is 0 Å². The van der Waals surface area contributed by atoms with Crippen molar-refractivity contribution in [1.29, 1.82) is 0 Å². The number of pyridine rings is 1. The summed E-state index contributed by atoms with van der Waals surface area (Å²) in [4.78, 5) is 28.7. The average molecular weight is 448 g/mol. The molecule has 8 nitrogen and oxygen atoms in total. The molecule has 0 aliphatic rings. The number of carbonyl (C=O) groups is 2. The zero-order chi connectivity index (χ0) is 21.9. The smallest absolute Gasteiger partial charge is 0.412 e. The summed E-state index contributed by atoms with van der Waals surface area (Å²) < 4.78 is 6.77. The van der Waals surface area contributed by atoms with Crippen molar-refractivity contribution in [2.24, 2.45) is 0 Å². The predicted molar refractivity (Wildman–Crippen MR) is 116 cm³/mol. The zero-order valence-corrected chi connectivity index (χ0v) is 18.0. The minimum atomic E-state index is -0.689. The van der Waals surface area contributed by atoms with Crippen LogP contribution in [0.2, 0.25) is 10.2 Å². The number of benzene rings is 1. The van der Waals surface area contributed by atoms with E-state index in [0.717, 1.165) is 0 Å². The van der Waals surface area contributed by atoms with Crippen LogP contribution in [0.25, 0.3) is 5.69 Å². The molecule has 0 fully saturated rings. The van der Waals surface area contributed by atoms with Gasteiger partial charge >= 0.3 is 6.09 Å². The SMILES string of the molecule is CC(C)(C)OC(=O)Nc1cn(-c2cccc(Cl)c2)nc1NC(=O)c1ccc(Cl)nc1. The molecular formula is C20H19Cl2N5O3. The van der Waals surface area contributed by atoms with Crippen LogP contribution in [-0.4, -0.2) is 32.4 Å². The van der Waals surface area contributed by atoms with E-state index in [1.54, 1.807) is 51.2 Å². The van der Waals surface area contributed by atoms with Gasteiger partial charge in [-0.1, -0.05) is 29.3 Å². The van der Waals surface area contributed by atoms with Crippen molar-refractivity contribution in [2.45, 2.75) is 26.4 Å². The Hall–Kier alpha value is -3.10. The number of carbonyl (C=O) groups excluding carboxylic acids is 2. The van der Waals surface area contributed by atoms with Crippen LogP contribution in [0.3, 0.4) is 0 Å². The maximum atomic E-state index is 12.6. The molecule has 2 N–H and O–H groups in total. The first kappa shape index (κ1) is 21.6. The highest BCUT2D eigenvalue weighted by molar-refractivity contribution is 6.30. The Morgan fingerprint density at radius 1 is 1.10 bits per heavy atom. The van der Waals surface area contributed by atoms with Gasteiger partial charge in [0.2, 0.25) is 0 Å². The summed E-state index contributed by atoms with van der Waals surface area (Å²) in [5.41, 5.74) is 0.480. The van der Waals surface area contributed by atoms with E-state index in [1.807, 2.05) is 0 Å². The van der Waals surface area contributed by atoms with Crippen LogP contribution in [0.5, 0.6) is 0 Å². The highest BCUT2D eigenvalue weighted by Crippen LogP contribution is 2.25. The van der Waals surface area contributed by atoms with Crippen LogP contribution < -0.4 is 10.6 Å². The van der Waals surface area contributed by atoms with Crippen LogP contribution in [0, 0.1) is 0 Å². The highest BCUT2D eigenvalue weighted by Gasteiger charge is 2.20. The molecule has 0 spiro atoms. The Balaban J connectivity index is 1.91. The fraction of sp³-hybridized carbons (Fsp3) is 0.200. The standard InChI is InChI=1S/C20H19Cl2N5O3/c1-20(2,3)30-19(29)24-15-11-27(14-6-4-5-13(21)9-14)26-17(15)25-18(28)12-7-8-16(22)23-10-12/h4-11H,1-3H3,(H,24,29)(H,25,26,28). The van der Waals surface area contributed by atoms with E-state index >= 15 is 0 Å². The largest absolute Gasteiger partial charge is 0.444 e. The molecule has 0 aliphatic carbocycles. The lowest BCUT2D eigenvalue weighted by Crippen LogP contribution is -2.27. The summed E-state index contributed by atoms with van der Waals surface area (Å²) in [7, 11) is 0. The van der Waals surface area contributed by atoms with Crippen molar-refractivity contribution < 1.29 is 14.3 Å². The van der Waals surface area contributed by atoms with E-state index in [2.05, 4.69) is 20.7 Å². The number of ether oxygens (including phenoxy) is 1. The van der Waals surface area contributed by atoms with Crippen LogP contribution in [0.15, 0.2) is 48.8 Å². The van der Waals surface area contributed by atoms with E-state index in [4.69, 9.17) is 27.9 Å². The van der Waals surface area contributed by atoms with E-state index in [1.165, 1.54) is 23.0 Å². The molecule has 3 aromatic rings. The Bertz CT molecular complexity index is 1070. The molecule has 2 amide bonds. The van der Waals surface area contributed by atoms with Crippen molar-refractivity contribution >= 4 is 46.7 Å². The van der Waals surface area contributed by atoms with Crippen LogP contribution in [0.4, 0.5) is 16.3 Å². The lowest BCUT2D eigenvalue weighted by atomic mass is 10.2. The van der Waals surface area contributed by atoms with E-state index in [9.17, 15) is 9.59 Å². The highest BCUT2D eigenvalue weighted by atomic mass is 35.5. The second-order valence-corrected chi connectivity index (χ2v) is 8.09. The van der Waals surface area contributed by atoms with Gasteiger partial charge in [0, 0.05) is 11.2 Å². The Morgan fingerprint density at radius 3 is 2.50 bits per heavy atom. The number of aromatic nitrogens is 3. The number of nitrogens with one attached hydrogen (secondary N) is 2. The maximum Gasteiger partial charge on any atom is 0.412 e. The lowest BCUT2D eigenvalue weighted by Gasteiger charge is -2.19. The third-order valence-corrected chi connectivity index (χ3v) is 4.10. The fourth-order valence-corrected chi connectivity index (χ4v) is 2.71. The van der Waals surface area contributed by atoms with E-state index < -0.39 is 17.6 Å². The molecule has 2 heterocycles. The number of anilines is 2. The quantitative estimate of drug-likeness (QED) is 0.537. The fourth-order valence-electron chi connectivity index (χ4n) is 2.41. The summed E-state index contributed by atoms with van der Waals surface area (Å²) in [6.45, 7) is 5.24. The molecule has 30 heavy (non-hydrogen) atoms. The molecule has 3 rings (SSSR count). The van der Waals surface area contributed by atoms with Gasteiger partial charge in [-0.15, -0.1) is 5.10 Å². The molecule has 2 aromatic heterocycles. The summed E-state index contributed by atoms with van der Waals surface area (Å²) in [6.07, 6.45) is 2.20. The summed E-state index contributed by atoms with van der Waals surface area (Å²) in [5, 5.41) is 10.4. The van der Waals surface area contributed by atoms with Gasteiger partial charge in [0.05, 0.1) is 17.4 Å². The number of hydrogen-bond acceptors (Lipinski definition) is 5. The molecule has 0 atom stereocenters. The molecule has 0 saturated carbocycles. The molecule has 0 unspecified atom stereocenters. The van der Waals surface area contributed by atoms with Gasteiger partial charge in [0.25, 0.3) is 5.91 Å². The average Bonchev–Trinajstić information content (AvgIpc) is 3.03. The molecule has 156 valence electrons. The van der Waals surface area contributed by atoms with Gasteiger partial charge in [0.1, 0.15) is 16.4 Å². The van der Waals surface area contributed by atoms with Crippen molar-refractivity contribution in [3.05, 3.63) is 64.5 Å². The first-order valence-corrected chi connectivity index (χ1v) is 9.65. The van der Waals surface area contributed by atoms with E-state index in [-0.39, 0.29) is 22.2 Å². The predicted octanol–water partition coefficient (Wildman–Crippen LogP) is 5.17. The molecular weight excluding hydrogens is 429 g/mol. The van der Waals surface area contributed by atoms with Gasteiger partial charge < -0.3 is 10.1 Å². The number of halogens is 2. The number of rotatable bonds is 4. The van der Waals surface area contributed by atoms with E-state index in [0.29, 0.717) is 10.7 Å². The summed E-state index contributed by atoms with van der Waals surface area (Å²) >= 11 is 11.8. The molecule has 0 saturated heterocycles. The maximum absolute atomic E-state index is 12.6. The first-order chi connectivity index (χ1) is 14.1. The normalized spacial score (nSPS) is 11.1. The second kappa shape index (κ2) is 8.73. The minimum absolute atomic E-state index is 0.126. The molecule has 10 heteroatoms. The van der Waals surface area contributed by atoms with Crippen molar-refractivity contribution in [2.75, 3.05) is 10.6 Å². The topological polar surface area (TPSA) is 98.1 Å². The molecule has 0 bridgehead atoms. The lowest BCUT2D eigenvalue weighted by molar-refractivity contribution is 0.0635. The molecule has 0 radical (unpaired) electrons. The zero-order valence-electron chi connectivity index (χ0n) is 16.4. The number of hydrogen-bond donors (Lipinski definition) is 2. The van der Waals surface area contributed by atoms with Gasteiger partial charge in [-0.3, -0.25) is 10.1 Å². The number of amides is 2. The van der Waals surface area contributed by atoms with Crippen molar-refractivity contribution in [3.63, 3.8) is 0 Å². The van der Waals surface area contributed by atoms with Crippen molar-refractivity contribution in [3.8, 4) is 5.69 Å².